The quantitative estimate of drug-likeness (QED) is 0.367. The average molecular weight is 274 g/mol. The zero-order valence-electron chi connectivity index (χ0n) is 10.9. The monoisotopic (exact) mass is 274 g/mol. The molecule has 0 amide bonds. The lowest BCUT2D eigenvalue weighted by Crippen LogP contribution is -2.15. The van der Waals surface area contributed by atoms with E-state index in [0.29, 0.717) is 12.3 Å². The summed E-state index contributed by atoms with van der Waals surface area (Å²) in [4.78, 5) is 7.97. The molecule has 2 rings (SSSR count). The first kappa shape index (κ1) is 13.6. The van der Waals surface area contributed by atoms with Crippen molar-refractivity contribution < 1.29 is 14.7 Å². The van der Waals surface area contributed by atoms with E-state index >= 15 is 0 Å². The molecule has 0 bridgehead atoms. The SMILES string of the molecule is COc1ccc(COc2nccc(/C(N)=N/O)n2)cc1. The van der Waals surface area contributed by atoms with Crippen molar-refractivity contribution in [1.29, 1.82) is 0 Å². The Morgan fingerprint density at radius 1 is 1.30 bits per heavy atom. The summed E-state index contributed by atoms with van der Waals surface area (Å²) in [5, 5.41) is 11.5. The van der Waals surface area contributed by atoms with Crippen LogP contribution in [0.25, 0.3) is 0 Å². The molecule has 104 valence electrons. The van der Waals surface area contributed by atoms with Crippen molar-refractivity contribution in [2.75, 3.05) is 7.11 Å². The molecule has 7 nitrogen and oxygen atoms in total. The van der Waals surface area contributed by atoms with Gasteiger partial charge in [-0.1, -0.05) is 17.3 Å². The molecule has 7 heteroatoms. The van der Waals surface area contributed by atoms with Crippen LogP contribution in [-0.4, -0.2) is 28.1 Å². The summed E-state index contributed by atoms with van der Waals surface area (Å²) in [7, 11) is 1.61. The third-order valence-corrected chi connectivity index (χ3v) is 2.53. The number of nitrogens with zero attached hydrogens (tertiary/aromatic N) is 3. The minimum atomic E-state index is -0.0957. The largest absolute Gasteiger partial charge is 0.497 e. The number of oxime groups is 1. The minimum Gasteiger partial charge on any atom is -0.497 e. The van der Waals surface area contributed by atoms with Crippen LogP contribution in [0.2, 0.25) is 0 Å². The molecule has 0 atom stereocenters. The number of nitrogens with two attached hydrogens (primary N) is 1. The Kier molecular flexibility index (Phi) is 4.33. The molecule has 0 saturated heterocycles. The Balaban J connectivity index is 2.03. The van der Waals surface area contributed by atoms with Crippen LogP contribution in [0.15, 0.2) is 41.7 Å². The summed E-state index contributed by atoms with van der Waals surface area (Å²) >= 11 is 0. The second kappa shape index (κ2) is 6.37. The van der Waals surface area contributed by atoms with E-state index in [1.807, 2.05) is 24.3 Å². The van der Waals surface area contributed by atoms with Gasteiger partial charge in [-0.3, -0.25) is 0 Å². The highest BCUT2D eigenvalue weighted by atomic mass is 16.5. The molecule has 20 heavy (non-hydrogen) atoms. The molecule has 0 fully saturated rings. The van der Waals surface area contributed by atoms with E-state index < -0.39 is 0 Å². The summed E-state index contributed by atoms with van der Waals surface area (Å²) in [6.07, 6.45) is 1.48. The van der Waals surface area contributed by atoms with Crippen molar-refractivity contribution in [2.24, 2.45) is 10.9 Å². The third-order valence-electron chi connectivity index (χ3n) is 2.53. The molecule has 0 radical (unpaired) electrons. The predicted molar refractivity (Wildman–Crippen MR) is 71.9 cm³/mol. The van der Waals surface area contributed by atoms with E-state index in [0.717, 1.165) is 11.3 Å². The highest BCUT2D eigenvalue weighted by molar-refractivity contribution is 5.95. The van der Waals surface area contributed by atoms with E-state index in [9.17, 15) is 0 Å². The molecular formula is C13H14N4O3. The van der Waals surface area contributed by atoms with Crippen LogP contribution in [0, 0.1) is 0 Å². The fourth-order valence-corrected chi connectivity index (χ4v) is 1.47. The molecule has 1 heterocycles. The summed E-state index contributed by atoms with van der Waals surface area (Å²) in [5.41, 5.74) is 6.69. The molecule has 0 aliphatic rings. The van der Waals surface area contributed by atoms with Crippen LogP contribution in [0.3, 0.4) is 0 Å². The molecule has 0 unspecified atom stereocenters. The lowest BCUT2D eigenvalue weighted by atomic mass is 10.2. The Labute approximate surface area is 115 Å². The number of methoxy groups -OCH3 is 1. The van der Waals surface area contributed by atoms with E-state index in [1.165, 1.54) is 12.3 Å². The smallest absolute Gasteiger partial charge is 0.317 e. The van der Waals surface area contributed by atoms with Gasteiger partial charge in [0.15, 0.2) is 5.84 Å². The van der Waals surface area contributed by atoms with Crippen LogP contribution in [0.4, 0.5) is 0 Å². The zero-order chi connectivity index (χ0) is 14.4. The van der Waals surface area contributed by atoms with Crippen LogP contribution in [0.5, 0.6) is 11.8 Å². The number of ether oxygens (including phenoxy) is 2. The summed E-state index contributed by atoms with van der Waals surface area (Å²) in [6, 6.07) is 9.12. The molecular weight excluding hydrogens is 260 g/mol. The number of hydrogen-bond acceptors (Lipinski definition) is 6. The Bertz CT molecular complexity index is 599. The fourth-order valence-electron chi connectivity index (χ4n) is 1.47. The molecule has 0 aliphatic carbocycles. The summed E-state index contributed by atoms with van der Waals surface area (Å²) in [6.45, 7) is 0.309. The molecule has 1 aromatic carbocycles. The highest BCUT2D eigenvalue weighted by Crippen LogP contribution is 2.13. The van der Waals surface area contributed by atoms with Gasteiger partial charge in [0.25, 0.3) is 0 Å². The van der Waals surface area contributed by atoms with Gasteiger partial charge in [-0.15, -0.1) is 0 Å². The number of aromatic nitrogens is 2. The summed E-state index contributed by atoms with van der Waals surface area (Å²) < 4.78 is 10.5. The lowest BCUT2D eigenvalue weighted by molar-refractivity contribution is 0.280. The number of amidine groups is 1. The van der Waals surface area contributed by atoms with Gasteiger partial charge in [0.1, 0.15) is 18.1 Å². The van der Waals surface area contributed by atoms with E-state index in [1.54, 1.807) is 7.11 Å². The van der Waals surface area contributed by atoms with Gasteiger partial charge in [-0.2, -0.15) is 4.98 Å². The molecule has 0 aliphatic heterocycles. The van der Waals surface area contributed by atoms with Gasteiger partial charge < -0.3 is 20.4 Å². The maximum Gasteiger partial charge on any atom is 0.317 e. The van der Waals surface area contributed by atoms with E-state index in [2.05, 4.69) is 15.1 Å². The first-order valence-corrected chi connectivity index (χ1v) is 5.79. The first-order chi connectivity index (χ1) is 9.72. The molecule has 1 aromatic heterocycles. The van der Waals surface area contributed by atoms with Crippen molar-refractivity contribution in [3.05, 3.63) is 47.8 Å². The van der Waals surface area contributed by atoms with E-state index in [-0.39, 0.29) is 11.8 Å². The fraction of sp³-hybridized carbons (Fsp3) is 0.154. The molecule has 0 spiro atoms. The third kappa shape index (κ3) is 3.35. The van der Waals surface area contributed by atoms with Gasteiger partial charge in [-0.25, -0.2) is 4.98 Å². The van der Waals surface area contributed by atoms with Crippen LogP contribution >= 0.6 is 0 Å². The highest BCUT2D eigenvalue weighted by Gasteiger charge is 2.05. The Morgan fingerprint density at radius 3 is 2.70 bits per heavy atom. The van der Waals surface area contributed by atoms with Gasteiger partial charge in [0.2, 0.25) is 0 Å². The number of rotatable bonds is 5. The molecule has 0 saturated carbocycles. The average Bonchev–Trinajstić information content (AvgIpc) is 2.53. The maximum atomic E-state index is 8.59. The minimum absolute atomic E-state index is 0.0957. The molecule has 3 N–H and O–H groups in total. The Morgan fingerprint density at radius 2 is 2.05 bits per heavy atom. The van der Waals surface area contributed by atoms with E-state index in [4.69, 9.17) is 20.4 Å². The van der Waals surface area contributed by atoms with Crippen molar-refractivity contribution in [3.8, 4) is 11.8 Å². The van der Waals surface area contributed by atoms with Crippen molar-refractivity contribution >= 4 is 5.84 Å². The van der Waals surface area contributed by atoms with Crippen molar-refractivity contribution in [3.63, 3.8) is 0 Å². The van der Waals surface area contributed by atoms with Gasteiger partial charge in [0.05, 0.1) is 7.11 Å². The zero-order valence-corrected chi connectivity index (χ0v) is 10.9. The normalized spacial score (nSPS) is 11.2. The first-order valence-electron chi connectivity index (χ1n) is 5.79. The van der Waals surface area contributed by atoms with Gasteiger partial charge in [-0.05, 0) is 23.8 Å². The van der Waals surface area contributed by atoms with Gasteiger partial charge >= 0.3 is 6.01 Å². The second-order valence-corrected chi connectivity index (χ2v) is 3.85. The Hall–Kier alpha value is -2.83. The van der Waals surface area contributed by atoms with Crippen molar-refractivity contribution in [2.45, 2.75) is 6.61 Å². The topological polar surface area (TPSA) is 103 Å². The van der Waals surface area contributed by atoms with Crippen LogP contribution < -0.4 is 15.2 Å². The van der Waals surface area contributed by atoms with Crippen molar-refractivity contribution in [1.82, 2.24) is 9.97 Å². The number of benzene rings is 1. The standard InChI is InChI=1S/C13H14N4O3/c1-19-10-4-2-9(3-5-10)8-20-13-15-7-6-11(16-13)12(14)17-18/h2-7,18H,8H2,1H3,(H2,14,17). The van der Waals surface area contributed by atoms with Crippen LogP contribution in [-0.2, 0) is 6.61 Å². The lowest BCUT2D eigenvalue weighted by Gasteiger charge is -2.06. The molecule has 2 aromatic rings. The van der Waals surface area contributed by atoms with Gasteiger partial charge in [0, 0.05) is 6.20 Å². The van der Waals surface area contributed by atoms with Crippen LogP contribution in [0.1, 0.15) is 11.3 Å². The summed E-state index contributed by atoms with van der Waals surface area (Å²) in [5.74, 6) is 0.681. The predicted octanol–water partition coefficient (Wildman–Crippen LogP) is 1.16. The second-order valence-electron chi connectivity index (χ2n) is 3.85. The maximum absolute atomic E-state index is 8.59. The number of hydrogen-bond donors (Lipinski definition) is 2.